The zero-order valence-corrected chi connectivity index (χ0v) is 15.6. The number of anilines is 1. The highest BCUT2D eigenvalue weighted by molar-refractivity contribution is 5.96. The molecule has 8 heteroatoms. The van der Waals surface area contributed by atoms with Crippen LogP contribution in [0.15, 0.2) is 43.0 Å². The number of aromatic nitrogens is 5. The monoisotopic (exact) mass is 375 g/mol. The third-order valence-electron chi connectivity index (χ3n) is 5.46. The van der Waals surface area contributed by atoms with Gasteiger partial charge < -0.3 is 15.2 Å². The lowest BCUT2D eigenvalue weighted by atomic mass is 9.96. The number of rotatable bonds is 3. The van der Waals surface area contributed by atoms with Gasteiger partial charge in [0.2, 0.25) is 5.91 Å². The zero-order valence-electron chi connectivity index (χ0n) is 15.6. The van der Waals surface area contributed by atoms with Crippen LogP contribution in [0.1, 0.15) is 12.8 Å². The molecule has 4 aromatic heterocycles. The van der Waals surface area contributed by atoms with Crippen molar-refractivity contribution in [1.29, 1.82) is 0 Å². The van der Waals surface area contributed by atoms with Crippen molar-refractivity contribution in [3.05, 3.63) is 43.0 Å². The summed E-state index contributed by atoms with van der Waals surface area (Å²) in [5.41, 5.74) is 3.61. The first-order chi connectivity index (χ1) is 13.7. The molecule has 8 nitrogen and oxygen atoms in total. The maximum Gasteiger partial charge on any atom is 0.228 e. The molecule has 0 aromatic carbocycles. The summed E-state index contributed by atoms with van der Waals surface area (Å²) in [6, 6.07) is 7.80. The van der Waals surface area contributed by atoms with Crippen LogP contribution in [0.5, 0.6) is 0 Å². The minimum Gasteiger partial charge on any atom is -0.345 e. The molecule has 0 bridgehead atoms. The molecule has 0 radical (unpaired) electrons. The number of carbonyl (C=O) groups is 1. The van der Waals surface area contributed by atoms with Gasteiger partial charge in [-0.05, 0) is 57.2 Å². The Morgan fingerprint density at radius 3 is 2.93 bits per heavy atom. The third kappa shape index (κ3) is 3.01. The minimum absolute atomic E-state index is 0.0577. The third-order valence-corrected chi connectivity index (χ3v) is 5.46. The summed E-state index contributed by atoms with van der Waals surface area (Å²) < 4.78 is 1.75. The number of likely N-dealkylation sites (tertiary alicyclic amines) is 1. The Hall–Kier alpha value is -3.26. The number of nitrogens with one attached hydrogen (secondary N) is 2. The number of H-pyrrole nitrogens is 1. The number of hydrogen-bond donors (Lipinski definition) is 2. The van der Waals surface area contributed by atoms with Gasteiger partial charge in [0.05, 0.1) is 0 Å². The van der Waals surface area contributed by atoms with Crippen molar-refractivity contribution in [3.63, 3.8) is 0 Å². The van der Waals surface area contributed by atoms with Gasteiger partial charge in [-0.2, -0.15) is 5.10 Å². The molecule has 2 N–H and O–H groups in total. The fraction of sp³-hybridized carbons (Fsp3) is 0.300. The summed E-state index contributed by atoms with van der Waals surface area (Å²) in [6.07, 6.45) is 7.19. The number of amides is 1. The van der Waals surface area contributed by atoms with E-state index < -0.39 is 0 Å². The quantitative estimate of drug-likeness (QED) is 0.574. The van der Waals surface area contributed by atoms with Crippen LogP contribution in [0, 0.1) is 5.92 Å². The molecule has 28 heavy (non-hydrogen) atoms. The highest BCUT2D eigenvalue weighted by Crippen LogP contribution is 2.29. The van der Waals surface area contributed by atoms with E-state index >= 15 is 0 Å². The molecule has 5 heterocycles. The Balaban J connectivity index is 1.39. The molecule has 0 aliphatic carbocycles. The number of nitrogens with zero attached hydrogens (tertiary/aromatic N) is 5. The van der Waals surface area contributed by atoms with Crippen molar-refractivity contribution in [2.24, 2.45) is 5.92 Å². The summed E-state index contributed by atoms with van der Waals surface area (Å²) in [5.74, 6) is 0.697. The Morgan fingerprint density at radius 1 is 1.21 bits per heavy atom. The Morgan fingerprint density at radius 2 is 2.07 bits per heavy atom. The topological polar surface area (TPSA) is 91.2 Å². The lowest BCUT2D eigenvalue weighted by molar-refractivity contribution is -0.121. The molecule has 0 unspecified atom stereocenters. The highest BCUT2D eigenvalue weighted by atomic mass is 16.1. The fourth-order valence-corrected chi connectivity index (χ4v) is 3.79. The molecule has 1 aliphatic heterocycles. The molecule has 5 rings (SSSR count). The van der Waals surface area contributed by atoms with Crippen molar-refractivity contribution < 1.29 is 4.79 Å². The second-order valence-electron chi connectivity index (χ2n) is 7.34. The highest BCUT2D eigenvalue weighted by Gasteiger charge is 2.23. The van der Waals surface area contributed by atoms with Crippen LogP contribution >= 0.6 is 0 Å². The summed E-state index contributed by atoms with van der Waals surface area (Å²) in [6.45, 7) is 1.92. The summed E-state index contributed by atoms with van der Waals surface area (Å²) in [4.78, 5) is 26.8. The van der Waals surface area contributed by atoms with Gasteiger partial charge in [0, 0.05) is 34.8 Å². The van der Waals surface area contributed by atoms with E-state index in [1.807, 2.05) is 36.7 Å². The second-order valence-corrected chi connectivity index (χ2v) is 7.34. The number of fused-ring (bicyclic) bond motifs is 2. The maximum atomic E-state index is 12.5. The van der Waals surface area contributed by atoms with Gasteiger partial charge >= 0.3 is 0 Å². The Bertz CT molecular complexity index is 1150. The summed E-state index contributed by atoms with van der Waals surface area (Å²) in [5, 5.41) is 8.17. The number of carbonyl (C=O) groups excluding carboxylic acids is 1. The van der Waals surface area contributed by atoms with Crippen molar-refractivity contribution >= 4 is 28.4 Å². The zero-order chi connectivity index (χ0) is 19.1. The summed E-state index contributed by atoms with van der Waals surface area (Å²) >= 11 is 0. The molecular formula is C20H21N7O. The Labute approximate surface area is 161 Å². The smallest absolute Gasteiger partial charge is 0.228 e. The first kappa shape index (κ1) is 16.9. The molecule has 142 valence electrons. The van der Waals surface area contributed by atoms with Gasteiger partial charge in [0.25, 0.3) is 0 Å². The van der Waals surface area contributed by atoms with Crippen LogP contribution in [0.2, 0.25) is 0 Å². The van der Waals surface area contributed by atoms with Crippen LogP contribution in [-0.4, -0.2) is 55.5 Å². The molecule has 1 saturated heterocycles. The fourth-order valence-electron chi connectivity index (χ4n) is 3.79. The SMILES string of the molecule is CN1CCC(C(=O)Nc2ccc3c(-c4ccc5ncnn5c4)c[nH]c3n2)CC1. The van der Waals surface area contributed by atoms with Crippen molar-refractivity contribution in [2.45, 2.75) is 12.8 Å². The number of pyridine rings is 2. The normalized spacial score (nSPS) is 16.0. The second kappa shape index (κ2) is 6.72. The molecule has 1 amide bonds. The van der Waals surface area contributed by atoms with Crippen LogP contribution in [0.3, 0.4) is 0 Å². The van der Waals surface area contributed by atoms with Crippen LogP contribution in [0.4, 0.5) is 5.82 Å². The number of aromatic amines is 1. The van der Waals surface area contributed by atoms with E-state index in [4.69, 9.17) is 0 Å². The predicted octanol–water partition coefficient (Wildman–Crippen LogP) is 2.55. The van der Waals surface area contributed by atoms with E-state index in [1.54, 1.807) is 4.52 Å². The molecule has 1 fully saturated rings. The molecular weight excluding hydrogens is 354 g/mol. The molecule has 4 aromatic rings. The molecule has 1 aliphatic rings. The van der Waals surface area contributed by atoms with Crippen molar-refractivity contribution in [1.82, 2.24) is 29.5 Å². The van der Waals surface area contributed by atoms with Gasteiger partial charge in [0.15, 0.2) is 5.65 Å². The first-order valence-electron chi connectivity index (χ1n) is 9.45. The van der Waals surface area contributed by atoms with E-state index in [0.29, 0.717) is 5.82 Å². The van der Waals surface area contributed by atoms with Crippen molar-refractivity contribution in [2.75, 3.05) is 25.5 Å². The van der Waals surface area contributed by atoms with Gasteiger partial charge in [-0.1, -0.05) is 0 Å². The van der Waals surface area contributed by atoms with Gasteiger partial charge in [0.1, 0.15) is 17.8 Å². The summed E-state index contributed by atoms with van der Waals surface area (Å²) in [7, 11) is 2.09. The molecule has 0 atom stereocenters. The lowest BCUT2D eigenvalue weighted by Crippen LogP contribution is -2.36. The molecule has 0 saturated carbocycles. The number of hydrogen-bond acceptors (Lipinski definition) is 5. The van der Waals surface area contributed by atoms with Crippen molar-refractivity contribution in [3.8, 4) is 11.1 Å². The first-order valence-corrected chi connectivity index (χ1v) is 9.45. The predicted molar refractivity (Wildman–Crippen MR) is 107 cm³/mol. The Kier molecular flexibility index (Phi) is 4.05. The van der Waals surface area contributed by atoms with Crippen LogP contribution in [-0.2, 0) is 4.79 Å². The van der Waals surface area contributed by atoms with Gasteiger partial charge in [-0.3, -0.25) is 4.79 Å². The van der Waals surface area contributed by atoms with Gasteiger partial charge in [-0.15, -0.1) is 0 Å². The average Bonchev–Trinajstić information content (AvgIpc) is 3.34. The van der Waals surface area contributed by atoms with Crippen LogP contribution < -0.4 is 5.32 Å². The standard InChI is InChI=1S/C20H21N7O/c1-26-8-6-13(7-9-26)20(28)25-17-4-3-15-16(10-21-19(15)24-17)14-2-5-18-22-12-23-27(18)11-14/h2-5,10-13H,6-9H2,1H3,(H2,21,24,25,28). The van der Waals surface area contributed by atoms with Crippen LogP contribution in [0.25, 0.3) is 27.8 Å². The number of piperidine rings is 1. The van der Waals surface area contributed by atoms with E-state index in [9.17, 15) is 4.79 Å². The average molecular weight is 375 g/mol. The van der Waals surface area contributed by atoms with E-state index in [1.165, 1.54) is 6.33 Å². The maximum absolute atomic E-state index is 12.5. The minimum atomic E-state index is 0.0577. The van der Waals surface area contributed by atoms with E-state index in [-0.39, 0.29) is 11.8 Å². The molecule has 0 spiro atoms. The van der Waals surface area contributed by atoms with E-state index in [0.717, 1.165) is 53.7 Å². The van der Waals surface area contributed by atoms with Gasteiger partial charge in [-0.25, -0.2) is 14.5 Å². The largest absolute Gasteiger partial charge is 0.345 e. The van der Waals surface area contributed by atoms with E-state index in [2.05, 4.69) is 37.3 Å². The lowest BCUT2D eigenvalue weighted by Gasteiger charge is -2.27.